The van der Waals surface area contributed by atoms with Crippen LogP contribution in [0.1, 0.15) is 37.8 Å². The van der Waals surface area contributed by atoms with Crippen LogP contribution in [-0.2, 0) is 9.59 Å². The summed E-state index contributed by atoms with van der Waals surface area (Å²) < 4.78 is 13.0. The number of benzene rings is 1. The SMILES string of the molecule is CCCN1C(=O)CCC(C(=O)O)C1c1ccc(F)cc1. The van der Waals surface area contributed by atoms with E-state index in [0.29, 0.717) is 18.5 Å². The first kappa shape index (κ1) is 14.5. The van der Waals surface area contributed by atoms with Crippen LogP contribution in [0.3, 0.4) is 0 Å². The Morgan fingerprint density at radius 1 is 1.40 bits per heavy atom. The number of hydrogen-bond donors (Lipinski definition) is 1. The lowest BCUT2D eigenvalue weighted by Crippen LogP contribution is -2.45. The van der Waals surface area contributed by atoms with E-state index < -0.39 is 17.9 Å². The van der Waals surface area contributed by atoms with E-state index in [1.54, 1.807) is 17.0 Å². The molecule has 20 heavy (non-hydrogen) atoms. The predicted octanol–water partition coefficient (Wildman–Crippen LogP) is 2.60. The number of carboxylic acid groups (broad SMARTS) is 1. The highest BCUT2D eigenvalue weighted by atomic mass is 19.1. The van der Waals surface area contributed by atoms with Crippen LogP contribution in [0.4, 0.5) is 4.39 Å². The second kappa shape index (κ2) is 6.03. The first-order chi connectivity index (χ1) is 9.54. The van der Waals surface area contributed by atoms with Gasteiger partial charge in [0.15, 0.2) is 0 Å². The number of piperidine rings is 1. The number of carboxylic acids is 1. The highest BCUT2D eigenvalue weighted by Crippen LogP contribution is 2.37. The smallest absolute Gasteiger partial charge is 0.308 e. The van der Waals surface area contributed by atoms with Gasteiger partial charge in [0.1, 0.15) is 5.82 Å². The number of nitrogens with zero attached hydrogens (tertiary/aromatic N) is 1. The summed E-state index contributed by atoms with van der Waals surface area (Å²) in [4.78, 5) is 25.1. The third-order valence-corrected chi connectivity index (χ3v) is 3.70. The third-order valence-electron chi connectivity index (χ3n) is 3.70. The summed E-state index contributed by atoms with van der Waals surface area (Å²) in [5.74, 6) is -1.94. The van der Waals surface area contributed by atoms with Gasteiger partial charge < -0.3 is 10.0 Å². The Labute approximate surface area is 117 Å². The first-order valence-electron chi connectivity index (χ1n) is 6.82. The summed E-state index contributed by atoms with van der Waals surface area (Å²) >= 11 is 0. The van der Waals surface area contributed by atoms with Crippen molar-refractivity contribution in [2.45, 2.75) is 32.2 Å². The molecule has 1 amide bonds. The lowest BCUT2D eigenvalue weighted by molar-refractivity contribution is -0.152. The molecule has 0 radical (unpaired) electrons. The number of hydrogen-bond acceptors (Lipinski definition) is 2. The Balaban J connectivity index is 2.39. The standard InChI is InChI=1S/C15H18FNO3/c1-2-9-17-13(18)8-7-12(15(19)20)14(17)10-3-5-11(16)6-4-10/h3-6,12,14H,2,7-9H2,1H3,(H,19,20). The van der Waals surface area contributed by atoms with Crippen LogP contribution in [0.5, 0.6) is 0 Å². The van der Waals surface area contributed by atoms with Crippen molar-refractivity contribution in [1.29, 1.82) is 0 Å². The topological polar surface area (TPSA) is 57.6 Å². The van der Waals surface area contributed by atoms with Gasteiger partial charge >= 0.3 is 5.97 Å². The number of carbonyl (C=O) groups excluding carboxylic acids is 1. The summed E-state index contributed by atoms with van der Waals surface area (Å²) in [6.45, 7) is 2.46. The van der Waals surface area contributed by atoms with E-state index in [9.17, 15) is 19.1 Å². The van der Waals surface area contributed by atoms with E-state index >= 15 is 0 Å². The summed E-state index contributed by atoms with van der Waals surface area (Å²) in [6.07, 6.45) is 1.35. The molecule has 108 valence electrons. The van der Waals surface area contributed by atoms with Crippen LogP contribution >= 0.6 is 0 Å². The van der Waals surface area contributed by atoms with Gasteiger partial charge in [0, 0.05) is 13.0 Å². The maximum Gasteiger partial charge on any atom is 0.308 e. The van der Waals surface area contributed by atoms with Gasteiger partial charge in [0.25, 0.3) is 0 Å². The fourth-order valence-electron chi connectivity index (χ4n) is 2.79. The number of likely N-dealkylation sites (tertiary alicyclic amines) is 1. The fraction of sp³-hybridized carbons (Fsp3) is 0.467. The second-order valence-electron chi connectivity index (χ2n) is 5.07. The lowest BCUT2D eigenvalue weighted by Gasteiger charge is -2.39. The van der Waals surface area contributed by atoms with E-state index in [4.69, 9.17) is 0 Å². The molecule has 0 spiro atoms. The van der Waals surface area contributed by atoms with Crippen LogP contribution in [0.25, 0.3) is 0 Å². The van der Waals surface area contributed by atoms with Gasteiger partial charge in [-0.25, -0.2) is 4.39 Å². The molecule has 0 saturated carbocycles. The van der Waals surface area contributed by atoms with E-state index in [0.717, 1.165) is 6.42 Å². The van der Waals surface area contributed by atoms with E-state index in [1.165, 1.54) is 12.1 Å². The molecular formula is C15H18FNO3. The molecule has 0 bridgehead atoms. The summed E-state index contributed by atoms with van der Waals surface area (Å²) in [5, 5.41) is 9.38. The predicted molar refractivity (Wildman–Crippen MR) is 71.5 cm³/mol. The molecule has 1 aliphatic heterocycles. The van der Waals surface area contributed by atoms with Crippen molar-refractivity contribution >= 4 is 11.9 Å². The quantitative estimate of drug-likeness (QED) is 0.921. The maximum atomic E-state index is 13.0. The largest absolute Gasteiger partial charge is 0.481 e. The average molecular weight is 279 g/mol. The van der Waals surface area contributed by atoms with Crippen molar-refractivity contribution in [2.75, 3.05) is 6.54 Å². The minimum Gasteiger partial charge on any atom is -0.481 e. The minimum atomic E-state index is -0.909. The van der Waals surface area contributed by atoms with Crippen LogP contribution in [0.2, 0.25) is 0 Å². The van der Waals surface area contributed by atoms with Crippen LogP contribution in [-0.4, -0.2) is 28.4 Å². The molecule has 1 heterocycles. The molecule has 4 nitrogen and oxygen atoms in total. The van der Waals surface area contributed by atoms with Crippen LogP contribution < -0.4 is 0 Å². The average Bonchev–Trinajstić information content (AvgIpc) is 2.42. The molecule has 1 fully saturated rings. The van der Waals surface area contributed by atoms with Crippen molar-refractivity contribution in [3.63, 3.8) is 0 Å². The molecule has 0 aliphatic carbocycles. The molecular weight excluding hydrogens is 261 g/mol. The Morgan fingerprint density at radius 2 is 2.05 bits per heavy atom. The highest BCUT2D eigenvalue weighted by molar-refractivity contribution is 5.81. The van der Waals surface area contributed by atoms with Gasteiger partial charge in [-0.15, -0.1) is 0 Å². The molecule has 2 unspecified atom stereocenters. The molecule has 1 N–H and O–H groups in total. The van der Waals surface area contributed by atoms with Crippen molar-refractivity contribution in [3.8, 4) is 0 Å². The molecule has 5 heteroatoms. The van der Waals surface area contributed by atoms with Crippen LogP contribution in [0, 0.1) is 11.7 Å². The Hall–Kier alpha value is -1.91. The molecule has 2 atom stereocenters. The van der Waals surface area contributed by atoms with Gasteiger partial charge in [-0.1, -0.05) is 19.1 Å². The molecule has 1 saturated heterocycles. The van der Waals surface area contributed by atoms with E-state index in [1.807, 2.05) is 6.92 Å². The fourth-order valence-corrected chi connectivity index (χ4v) is 2.79. The number of amides is 1. The van der Waals surface area contributed by atoms with Gasteiger partial charge in [0.2, 0.25) is 5.91 Å². The van der Waals surface area contributed by atoms with E-state index in [-0.39, 0.29) is 18.1 Å². The third kappa shape index (κ3) is 2.81. The second-order valence-corrected chi connectivity index (χ2v) is 5.07. The molecule has 1 aliphatic rings. The summed E-state index contributed by atoms with van der Waals surface area (Å²) in [7, 11) is 0. The molecule has 1 aromatic carbocycles. The Morgan fingerprint density at radius 3 is 2.60 bits per heavy atom. The number of carbonyl (C=O) groups is 2. The first-order valence-corrected chi connectivity index (χ1v) is 6.82. The molecule has 2 rings (SSSR count). The Kier molecular flexibility index (Phi) is 4.37. The number of halogens is 1. The van der Waals surface area contributed by atoms with Crippen molar-refractivity contribution in [1.82, 2.24) is 4.90 Å². The number of aliphatic carboxylic acids is 1. The van der Waals surface area contributed by atoms with Crippen molar-refractivity contribution in [3.05, 3.63) is 35.6 Å². The van der Waals surface area contributed by atoms with Gasteiger partial charge in [-0.05, 0) is 30.5 Å². The van der Waals surface area contributed by atoms with Crippen LogP contribution in [0.15, 0.2) is 24.3 Å². The molecule has 1 aromatic rings. The zero-order valence-electron chi connectivity index (χ0n) is 11.4. The van der Waals surface area contributed by atoms with Gasteiger partial charge in [0.05, 0.1) is 12.0 Å². The monoisotopic (exact) mass is 279 g/mol. The molecule has 0 aromatic heterocycles. The van der Waals surface area contributed by atoms with Gasteiger partial charge in [-0.3, -0.25) is 9.59 Å². The Bertz CT molecular complexity index is 500. The zero-order valence-corrected chi connectivity index (χ0v) is 11.4. The normalized spacial score (nSPS) is 22.9. The van der Waals surface area contributed by atoms with Crippen molar-refractivity contribution in [2.24, 2.45) is 5.92 Å². The van der Waals surface area contributed by atoms with Crippen molar-refractivity contribution < 1.29 is 19.1 Å². The summed E-state index contributed by atoms with van der Waals surface area (Å²) in [6, 6.07) is 5.23. The van der Waals surface area contributed by atoms with E-state index in [2.05, 4.69) is 0 Å². The summed E-state index contributed by atoms with van der Waals surface area (Å²) in [5.41, 5.74) is 0.681. The minimum absolute atomic E-state index is 0.0290. The number of rotatable bonds is 4. The highest BCUT2D eigenvalue weighted by Gasteiger charge is 2.40. The van der Waals surface area contributed by atoms with Gasteiger partial charge in [-0.2, -0.15) is 0 Å². The zero-order chi connectivity index (χ0) is 14.7. The maximum absolute atomic E-state index is 13.0. The lowest BCUT2D eigenvalue weighted by atomic mass is 9.84.